The van der Waals surface area contributed by atoms with Gasteiger partial charge in [-0.05, 0) is 48.8 Å². The Hall–Kier alpha value is -0.980. The molecule has 1 nitrogen and oxygen atoms in total. The molecule has 100 valence electrons. The first-order chi connectivity index (χ1) is 8.69. The summed E-state index contributed by atoms with van der Waals surface area (Å²) in [7, 11) is 0. The number of benzene rings is 1. The quantitative estimate of drug-likeness (QED) is 0.797. The third kappa shape index (κ3) is 3.51. The van der Waals surface area contributed by atoms with E-state index in [1.54, 1.807) is 0 Å². The van der Waals surface area contributed by atoms with E-state index in [4.69, 9.17) is 0 Å². The maximum Gasteiger partial charge on any atom is 0.0342 e. The number of hydrogen-bond acceptors (Lipinski definition) is 1. The van der Waals surface area contributed by atoms with Gasteiger partial charge < -0.3 is 5.32 Å². The molecule has 0 radical (unpaired) electrons. The van der Waals surface area contributed by atoms with Crippen molar-refractivity contribution in [3.63, 3.8) is 0 Å². The third-order valence-corrected chi connectivity index (χ3v) is 4.39. The monoisotopic (exact) mass is 245 g/mol. The second-order valence-electron chi connectivity index (χ2n) is 6.06. The Labute approximate surface area is 112 Å². The fourth-order valence-corrected chi connectivity index (χ4v) is 3.04. The largest absolute Gasteiger partial charge is 0.382 e. The van der Waals surface area contributed by atoms with Crippen molar-refractivity contribution in [1.82, 2.24) is 0 Å². The van der Waals surface area contributed by atoms with E-state index < -0.39 is 0 Å². The molecule has 0 spiro atoms. The molecule has 0 amide bonds. The highest BCUT2D eigenvalue weighted by Crippen LogP contribution is 2.31. The van der Waals surface area contributed by atoms with Crippen LogP contribution in [0.25, 0.3) is 0 Å². The molecular formula is C17H27N. The van der Waals surface area contributed by atoms with E-state index in [2.05, 4.69) is 50.4 Å². The topological polar surface area (TPSA) is 12.0 Å². The summed E-state index contributed by atoms with van der Waals surface area (Å²) in [5.41, 5.74) is 2.71. The summed E-state index contributed by atoms with van der Waals surface area (Å²) in [6.07, 6.45) is 6.60. The molecule has 2 atom stereocenters. The highest BCUT2D eigenvalue weighted by atomic mass is 14.9. The standard InChI is InChI=1S/C17H27N/c1-4-14-8-10-16(11-9-14)18-17-7-5-6-15(12-17)13(2)3/h8-11,13,15,17-18H,4-7,12H2,1-3H3. The Balaban J connectivity index is 1.91. The molecule has 1 saturated carbocycles. The van der Waals surface area contributed by atoms with Gasteiger partial charge in [-0.2, -0.15) is 0 Å². The maximum atomic E-state index is 3.72. The fourth-order valence-electron chi connectivity index (χ4n) is 3.04. The Morgan fingerprint density at radius 1 is 1.17 bits per heavy atom. The Morgan fingerprint density at radius 2 is 1.89 bits per heavy atom. The highest BCUT2D eigenvalue weighted by Gasteiger charge is 2.23. The molecule has 1 N–H and O–H groups in total. The van der Waals surface area contributed by atoms with Crippen molar-refractivity contribution in [2.45, 2.75) is 58.9 Å². The van der Waals surface area contributed by atoms with E-state index in [1.807, 2.05) is 0 Å². The van der Waals surface area contributed by atoms with Gasteiger partial charge in [-0.3, -0.25) is 0 Å². The molecule has 1 aliphatic rings. The number of hydrogen-bond donors (Lipinski definition) is 1. The van der Waals surface area contributed by atoms with Crippen LogP contribution in [0.2, 0.25) is 0 Å². The smallest absolute Gasteiger partial charge is 0.0342 e. The van der Waals surface area contributed by atoms with Crippen LogP contribution in [0.5, 0.6) is 0 Å². The zero-order valence-electron chi connectivity index (χ0n) is 12.1. The van der Waals surface area contributed by atoms with Crippen LogP contribution < -0.4 is 5.32 Å². The SMILES string of the molecule is CCc1ccc(NC2CCCC(C(C)C)C2)cc1. The fraction of sp³-hybridized carbons (Fsp3) is 0.647. The molecule has 18 heavy (non-hydrogen) atoms. The first kappa shape index (κ1) is 13.5. The summed E-state index contributed by atoms with van der Waals surface area (Å²) in [6.45, 7) is 6.93. The van der Waals surface area contributed by atoms with Gasteiger partial charge in [0.15, 0.2) is 0 Å². The average Bonchev–Trinajstić information content (AvgIpc) is 2.40. The van der Waals surface area contributed by atoms with Crippen molar-refractivity contribution in [2.75, 3.05) is 5.32 Å². The van der Waals surface area contributed by atoms with Crippen LogP contribution in [-0.2, 0) is 6.42 Å². The summed E-state index contributed by atoms with van der Waals surface area (Å²) in [6, 6.07) is 9.63. The van der Waals surface area contributed by atoms with Gasteiger partial charge in [0, 0.05) is 11.7 Å². The van der Waals surface area contributed by atoms with Gasteiger partial charge in [0.1, 0.15) is 0 Å². The molecule has 1 heteroatoms. The van der Waals surface area contributed by atoms with E-state index in [1.165, 1.54) is 36.9 Å². The first-order valence-electron chi connectivity index (χ1n) is 7.54. The van der Waals surface area contributed by atoms with E-state index in [9.17, 15) is 0 Å². The number of aryl methyl sites for hydroxylation is 1. The van der Waals surface area contributed by atoms with Gasteiger partial charge in [0.25, 0.3) is 0 Å². The molecule has 0 bridgehead atoms. The van der Waals surface area contributed by atoms with Gasteiger partial charge in [0.05, 0.1) is 0 Å². The first-order valence-corrected chi connectivity index (χ1v) is 7.54. The van der Waals surface area contributed by atoms with Crippen molar-refractivity contribution in [2.24, 2.45) is 11.8 Å². The van der Waals surface area contributed by atoms with Gasteiger partial charge in [0.2, 0.25) is 0 Å². The minimum atomic E-state index is 0.679. The van der Waals surface area contributed by atoms with Crippen molar-refractivity contribution in [3.05, 3.63) is 29.8 Å². The Kier molecular flexibility index (Phi) is 4.68. The van der Waals surface area contributed by atoms with Gasteiger partial charge in [-0.1, -0.05) is 45.7 Å². The maximum absolute atomic E-state index is 3.72. The summed E-state index contributed by atoms with van der Waals surface area (Å²) in [4.78, 5) is 0. The van der Waals surface area contributed by atoms with E-state index in [-0.39, 0.29) is 0 Å². The second kappa shape index (κ2) is 6.26. The van der Waals surface area contributed by atoms with Crippen molar-refractivity contribution in [3.8, 4) is 0 Å². The van der Waals surface area contributed by atoms with Gasteiger partial charge >= 0.3 is 0 Å². The van der Waals surface area contributed by atoms with Crippen molar-refractivity contribution in [1.29, 1.82) is 0 Å². The lowest BCUT2D eigenvalue weighted by atomic mass is 9.79. The predicted octanol–water partition coefficient (Wildman–Crippen LogP) is 4.88. The van der Waals surface area contributed by atoms with Crippen LogP contribution in [0.1, 0.15) is 52.0 Å². The normalized spacial score (nSPS) is 24.2. The summed E-state index contributed by atoms with van der Waals surface area (Å²) in [5, 5.41) is 3.72. The Morgan fingerprint density at radius 3 is 2.50 bits per heavy atom. The van der Waals surface area contributed by atoms with E-state index in [0.717, 1.165) is 18.3 Å². The molecule has 2 rings (SSSR count). The molecule has 0 aliphatic heterocycles. The van der Waals surface area contributed by atoms with Crippen LogP contribution >= 0.6 is 0 Å². The molecule has 0 aromatic heterocycles. The highest BCUT2D eigenvalue weighted by molar-refractivity contribution is 5.45. The lowest BCUT2D eigenvalue weighted by Crippen LogP contribution is -2.29. The summed E-state index contributed by atoms with van der Waals surface area (Å²) < 4.78 is 0. The number of nitrogens with one attached hydrogen (secondary N) is 1. The molecule has 1 aromatic rings. The van der Waals surface area contributed by atoms with Crippen LogP contribution in [0.3, 0.4) is 0 Å². The van der Waals surface area contributed by atoms with Gasteiger partial charge in [-0.25, -0.2) is 0 Å². The molecule has 1 aromatic carbocycles. The number of rotatable bonds is 4. The molecule has 0 heterocycles. The van der Waals surface area contributed by atoms with Gasteiger partial charge in [-0.15, -0.1) is 0 Å². The van der Waals surface area contributed by atoms with E-state index >= 15 is 0 Å². The summed E-state index contributed by atoms with van der Waals surface area (Å²) in [5.74, 6) is 1.74. The molecule has 2 unspecified atom stereocenters. The third-order valence-electron chi connectivity index (χ3n) is 4.39. The average molecular weight is 245 g/mol. The molecule has 0 saturated heterocycles. The zero-order valence-corrected chi connectivity index (χ0v) is 12.1. The zero-order chi connectivity index (χ0) is 13.0. The van der Waals surface area contributed by atoms with Crippen LogP contribution in [0, 0.1) is 11.8 Å². The van der Waals surface area contributed by atoms with Crippen LogP contribution in [0.15, 0.2) is 24.3 Å². The summed E-state index contributed by atoms with van der Waals surface area (Å²) >= 11 is 0. The minimum Gasteiger partial charge on any atom is -0.382 e. The lowest BCUT2D eigenvalue weighted by Gasteiger charge is -2.32. The molecule has 1 fully saturated rings. The second-order valence-corrected chi connectivity index (χ2v) is 6.06. The molecule has 1 aliphatic carbocycles. The van der Waals surface area contributed by atoms with Crippen molar-refractivity contribution >= 4 is 5.69 Å². The minimum absolute atomic E-state index is 0.679. The molecular weight excluding hydrogens is 218 g/mol. The Bertz CT molecular complexity index is 352. The number of anilines is 1. The predicted molar refractivity (Wildman–Crippen MR) is 80.0 cm³/mol. The lowest BCUT2D eigenvalue weighted by molar-refractivity contribution is 0.264. The van der Waals surface area contributed by atoms with Crippen LogP contribution in [0.4, 0.5) is 5.69 Å². The van der Waals surface area contributed by atoms with Crippen molar-refractivity contribution < 1.29 is 0 Å². The van der Waals surface area contributed by atoms with E-state index in [0.29, 0.717) is 6.04 Å². The van der Waals surface area contributed by atoms with Crippen LogP contribution in [-0.4, -0.2) is 6.04 Å².